The highest BCUT2D eigenvalue weighted by molar-refractivity contribution is 4.06. The minimum atomic E-state index is -1.17. The second kappa shape index (κ2) is 2.06. The van der Waals surface area contributed by atoms with E-state index in [1.165, 1.54) is 0 Å². The Balaban J connectivity index is 3.30. The van der Waals surface area contributed by atoms with Crippen molar-refractivity contribution in [1.29, 1.82) is 0 Å². The molecule has 1 radical (unpaired) electrons. The topological polar surface area (TPSA) is 92.7 Å². The zero-order valence-corrected chi connectivity index (χ0v) is 2.57. The Morgan fingerprint density at radius 3 is 2.33 bits per heavy atom. The lowest BCUT2D eigenvalue weighted by Gasteiger charge is -1.56. The summed E-state index contributed by atoms with van der Waals surface area (Å²) in [7, 11) is 0. The van der Waals surface area contributed by atoms with E-state index in [4.69, 9.17) is 15.3 Å². The molecule has 0 unspecified atom stereocenters. The first-order chi connectivity index (χ1) is 2.77. The molecule has 0 saturated carbocycles. The minimum Gasteiger partial charge on any atom is -0.528 e. The average molecular weight is 90.0 g/mol. The molecule has 6 heavy (non-hydrogen) atoms. The van der Waals surface area contributed by atoms with Crippen LogP contribution in [0.15, 0.2) is 5.22 Å². The van der Waals surface area contributed by atoms with E-state index in [9.17, 15) is 0 Å². The highest BCUT2D eigenvalue weighted by Crippen LogP contribution is 1.59. The fourth-order valence-electron chi connectivity index (χ4n) is 0.0298. The van der Waals surface area contributed by atoms with Crippen LogP contribution >= 0.6 is 0 Å². The third kappa shape index (κ3) is 2.80. The van der Waals surface area contributed by atoms with Crippen molar-refractivity contribution in [2.24, 2.45) is 5.22 Å². The van der Waals surface area contributed by atoms with Crippen LogP contribution in [0.25, 0.3) is 0 Å². The van der Waals surface area contributed by atoms with E-state index in [1.807, 2.05) is 5.22 Å². The van der Waals surface area contributed by atoms with Crippen molar-refractivity contribution >= 4 is 0 Å². The maximum atomic E-state index is 8.94. The fourth-order valence-corrected chi connectivity index (χ4v) is 0.0298. The van der Waals surface area contributed by atoms with Gasteiger partial charge in [-0.2, -0.15) is 0 Å². The maximum absolute atomic E-state index is 8.94. The standard InChI is InChI=1S/N3O3/c4-2-1-3(5)6. The van der Waals surface area contributed by atoms with Crippen molar-refractivity contribution in [2.45, 2.75) is 0 Å². The van der Waals surface area contributed by atoms with Crippen LogP contribution in [0.3, 0.4) is 0 Å². The third-order valence-electron chi connectivity index (χ3n) is 0.110. The predicted octanol–water partition coefficient (Wildman–Crippen LogP) is -0.536. The number of nitrogens with zero attached hydrogens (tertiary/aromatic N) is 3. The van der Waals surface area contributed by atoms with E-state index >= 15 is 0 Å². The largest absolute Gasteiger partial charge is 0.528 e. The van der Waals surface area contributed by atoms with Gasteiger partial charge >= 0.3 is 10.5 Å². The molecule has 0 spiro atoms. The van der Waals surface area contributed by atoms with Gasteiger partial charge in [-0.3, -0.25) is 0 Å². The summed E-state index contributed by atoms with van der Waals surface area (Å²) in [6.45, 7) is 0. The number of hydrogen-bond acceptors (Lipinski definition) is 4. The maximum Gasteiger partial charge on any atom is 0.420 e. The molecule has 33 valence electrons. The Morgan fingerprint density at radius 2 is 2.33 bits per heavy atom. The van der Waals surface area contributed by atoms with Crippen LogP contribution in [0.5, 0.6) is 0 Å². The van der Waals surface area contributed by atoms with E-state index in [2.05, 4.69) is 0 Å². The highest BCUT2D eigenvalue weighted by atomic mass is 16.7. The Morgan fingerprint density at radius 1 is 1.83 bits per heavy atom. The molecule has 0 amide bonds. The second-order valence-electron chi connectivity index (χ2n) is 0.409. The normalized spacial score (nSPS) is 9.33. The first-order valence-corrected chi connectivity index (χ1v) is 0.948. The fraction of sp³-hybridized carbons (Fsp3) is 0. The monoisotopic (exact) mass is 90.0 g/mol. The van der Waals surface area contributed by atoms with Gasteiger partial charge < -0.3 is 5.21 Å². The van der Waals surface area contributed by atoms with Gasteiger partial charge in [0.2, 0.25) is 0 Å². The molecule has 0 aromatic rings. The Labute approximate surface area is 32.2 Å². The highest BCUT2D eigenvalue weighted by Gasteiger charge is 1.91. The van der Waals surface area contributed by atoms with Crippen LogP contribution in [0.1, 0.15) is 0 Å². The van der Waals surface area contributed by atoms with Gasteiger partial charge in [0.1, 0.15) is 0 Å². The van der Waals surface area contributed by atoms with Gasteiger partial charge in [0.05, 0.1) is 0 Å². The molecule has 0 aliphatic carbocycles. The summed E-state index contributed by atoms with van der Waals surface area (Å²) >= 11 is 0. The Hall–Kier alpha value is -1.20. The molecule has 0 atom stereocenters. The molecule has 0 saturated heterocycles. The van der Waals surface area contributed by atoms with Crippen LogP contribution < -0.4 is 5.28 Å². The van der Waals surface area contributed by atoms with Crippen molar-refractivity contribution in [1.82, 2.24) is 5.28 Å². The quantitative estimate of drug-likeness (QED) is 0.246. The van der Waals surface area contributed by atoms with Gasteiger partial charge in [-0.1, -0.05) is 0 Å². The molecule has 0 aromatic heterocycles. The number of nitro groups is 1. The molecular weight excluding hydrogens is 90.0 g/mol. The van der Waals surface area contributed by atoms with Crippen molar-refractivity contribution in [2.75, 3.05) is 0 Å². The lowest BCUT2D eigenvalue weighted by Crippen LogP contribution is -1.84. The second-order valence-corrected chi connectivity index (χ2v) is 0.409. The molecule has 0 aromatic carbocycles. The van der Waals surface area contributed by atoms with Crippen molar-refractivity contribution in [3.8, 4) is 0 Å². The van der Waals surface area contributed by atoms with Gasteiger partial charge in [0.25, 0.3) is 5.03 Å². The summed E-state index contributed by atoms with van der Waals surface area (Å²) in [5, 5.41) is 20.1. The SMILES string of the molecule is O=[N+]([O-])/N=[N+]/[O-]. The summed E-state index contributed by atoms with van der Waals surface area (Å²) < 4.78 is 0. The van der Waals surface area contributed by atoms with Crippen molar-refractivity contribution in [3.63, 3.8) is 0 Å². The first-order valence-electron chi connectivity index (χ1n) is 0.948. The molecule has 0 bridgehead atoms. The molecule has 0 aliphatic rings. The molecule has 0 heterocycles. The number of rotatable bonds is 1. The van der Waals surface area contributed by atoms with Crippen molar-refractivity contribution < 1.29 is 5.03 Å². The smallest absolute Gasteiger partial charge is 0.420 e. The Bertz CT molecular complexity index is 74.1. The summed E-state index contributed by atoms with van der Waals surface area (Å²) in [6.07, 6.45) is 0. The van der Waals surface area contributed by atoms with Crippen LogP contribution in [0, 0.1) is 15.3 Å². The number of hydrogen-bond donors (Lipinski definition) is 0. The van der Waals surface area contributed by atoms with Crippen LogP contribution in [0.2, 0.25) is 0 Å². The van der Waals surface area contributed by atoms with Crippen LogP contribution in [0.4, 0.5) is 0 Å². The zero-order chi connectivity index (χ0) is 4.99. The first kappa shape index (κ1) is 4.80. The van der Waals surface area contributed by atoms with Crippen LogP contribution in [-0.4, -0.2) is 5.03 Å². The van der Waals surface area contributed by atoms with Gasteiger partial charge in [-0.05, 0) is 0 Å². The zero-order valence-electron chi connectivity index (χ0n) is 2.57. The lowest BCUT2D eigenvalue weighted by atomic mass is 12.6. The van der Waals surface area contributed by atoms with Gasteiger partial charge in [0, 0.05) is 0 Å². The Kier molecular flexibility index (Phi) is 1.65. The predicted molar refractivity (Wildman–Crippen MR) is 14.9 cm³/mol. The molecule has 6 nitrogen and oxygen atoms in total. The van der Waals surface area contributed by atoms with Crippen molar-refractivity contribution in [3.05, 3.63) is 15.3 Å². The van der Waals surface area contributed by atoms with E-state index in [1.54, 1.807) is 5.28 Å². The average Bonchev–Trinajstić information content (AvgIpc) is 1.35. The summed E-state index contributed by atoms with van der Waals surface area (Å²) in [5.74, 6) is 0. The van der Waals surface area contributed by atoms with E-state index in [0.717, 1.165) is 0 Å². The molecule has 0 aliphatic heterocycles. The van der Waals surface area contributed by atoms with Gasteiger partial charge in [0.15, 0.2) is 0 Å². The summed E-state index contributed by atoms with van der Waals surface area (Å²) in [4.78, 5) is 8.94. The molecule has 6 heteroatoms. The van der Waals surface area contributed by atoms with Crippen LogP contribution in [-0.2, 0) is 0 Å². The summed E-state index contributed by atoms with van der Waals surface area (Å²) in [5.41, 5.74) is 0. The van der Waals surface area contributed by atoms with E-state index < -0.39 is 5.03 Å². The lowest BCUT2D eigenvalue weighted by molar-refractivity contribution is -0.496. The molecule has 0 rings (SSSR count). The molecule has 0 fully saturated rings. The minimum absolute atomic E-state index is 1.17. The summed E-state index contributed by atoms with van der Waals surface area (Å²) in [6, 6.07) is 0. The third-order valence-corrected chi connectivity index (χ3v) is 0.110. The van der Waals surface area contributed by atoms with E-state index in [0.29, 0.717) is 0 Å². The van der Waals surface area contributed by atoms with Gasteiger partial charge in [-0.15, -0.1) is 0 Å². The molecular formula is N3O3. The van der Waals surface area contributed by atoms with Gasteiger partial charge in [-0.25, -0.2) is 10.1 Å². The van der Waals surface area contributed by atoms with E-state index in [-0.39, 0.29) is 0 Å². The molecule has 0 N–H and O–H groups in total.